The summed E-state index contributed by atoms with van der Waals surface area (Å²) >= 11 is 0. The van der Waals surface area contributed by atoms with Crippen molar-refractivity contribution in [3.05, 3.63) is 59.7 Å². The first-order valence-electron chi connectivity index (χ1n) is 6.24. The molecule has 0 unspecified atom stereocenters. The monoisotopic (exact) mass is 291 g/mol. The van der Waals surface area contributed by atoms with Gasteiger partial charge in [-0.2, -0.15) is 0 Å². The predicted molar refractivity (Wildman–Crippen MR) is 81.9 cm³/mol. The van der Waals surface area contributed by atoms with E-state index in [9.17, 15) is 4.79 Å². The Bertz CT molecular complexity index is 781. The Morgan fingerprint density at radius 2 is 1.95 bits per heavy atom. The van der Waals surface area contributed by atoms with Crippen LogP contribution in [-0.4, -0.2) is 55.2 Å². The normalized spacial score (nSPS) is 10.3. The van der Waals surface area contributed by atoms with Gasteiger partial charge in [-0.25, -0.2) is 9.78 Å². The van der Waals surface area contributed by atoms with E-state index in [1.807, 2.05) is 25.1 Å². The van der Waals surface area contributed by atoms with Crippen LogP contribution in [0.5, 0.6) is 0 Å². The van der Waals surface area contributed by atoms with E-state index in [1.165, 1.54) is 0 Å². The standard InChI is InChI=1S/C15H13N3O2.Na.H/c1-10-17-13-8-16-7-6-14(13)18(10)9-11-2-4-12(5-3-11)15(19)20;;/h2-8H,9H2,1H3,(H,19,20);;. The Hall–Kier alpha value is -1.69. The summed E-state index contributed by atoms with van der Waals surface area (Å²) in [6.07, 6.45) is 3.49. The number of carbonyl (C=O) groups is 1. The van der Waals surface area contributed by atoms with Crippen molar-refractivity contribution >= 4 is 46.6 Å². The Balaban J connectivity index is 0.00000161. The van der Waals surface area contributed by atoms with Gasteiger partial charge in [0.05, 0.1) is 17.3 Å². The minimum atomic E-state index is -0.910. The average Bonchev–Trinajstić information content (AvgIpc) is 2.76. The summed E-state index contributed by atoms with van der Waals surface area (Å²) in [6.45, 7) is 2.61. The molecule has 0 radical (unpaired) electrons. The molecule has 0 fully saturated rings. The van der Waals surface area contributed by atoms with E-state index < -0.39 is 5.97 Å². The molecule has 0 spiro atoms. The quantitative estimate of drug-likeness (QED) is 0.748. The molecule has 21 heavy (non-hydrogen) atoms. The van der Waals surface area contributed by atoms with Gasteiger partial charge in [0.15, 0.2) is 0 Å². The molecule has 2 aromatic heterocycles. The summed E-state index contributed by atoms with van der Waals surface area (Å²) in [4.78, 5) is 19.4. The number of nitrogens with zero attached hydrogens (tertiary/aromatic N) is 3. The molecular weight excluding hydrogens is 277 g/mol. The van der Waals surface area contributed by atoms with Crippen LogP contribution in [0.15, 0.2) is 42.7 Å². The van der Waals surface area contributed by atoms with Gasteiger partial charge in [0.1, 0.15) is 11.3 Å². The molecule has 0 aliphatic carbocycles. The van der Waals surface area contributed by atoms with Crippen LogP contribution in [0.4, 0.5) is 0 Å². The molecule has 5 nitrogen and oxygen atoms in total. The molecule has 0 saturated carbocycles. The number of aromatic carboxylic acids is 1. The molecule has 0 amide bonds. The summed E-state index contributed by atoms with van der Waals surface area (Å²) in [5.74, 6) is 0.00203. The Labute approximate surface area is 143 Å². The van der Waals surface area contributed by atoms with Gasteiger partial charge in [0, 0.05) is 12.7 Å². The van der Waals surface area contributed by atoms with Crippen LogP contribution >= 0.6 is 0 Å². The van der Waals surface area contributed by atoms with E-state index in [-0.39, 0.29) is 29.6 Å². The summed E-state index contributed by atoms with van der Waals surface area (Å²) in [6, 6.07) is 8.83. The summed E-state index contributed by atoms with van der Waals surface area (Å²) in [5.41, 5.74) is 3.23. The van der Waals surface area contributed by atoms with Crippen molar-refractivity contribution in [2.45, 2.75) is 13.5 Å². The van der Waals surface area contributed by atoms with Crippen molar-refractivity contribution in [3.8, 4) is 0 Å². The van der Waals surface area contributed by atoms with Gasteiger partial charge in [-0.15, -0.1) is 0 Å². The molecule has 3 aromatic rings. The van der Waals surface area contributed by atoms with Crippen molar-refractivity contribution in [1.82, 2.24) is 14.5 Å². The SMILES string of the molecule is Cc1nc2cnccc2n1Cc1ccc(C(=O)O)cc1.[NaH]. The summed E-state index contributed by atoms with van der Waals surface area (Å²) in [5, 5.41) is 8.90. The number of hydrogen-bond donors (Lipinski definition) is 1. The van der Waals surface area contributed by atoms with E-state index in [4.69, 9.17) is 5.11 Å². The van der Waals surface area contributed by atoms with Crippen LogP contribution in [-0.2, 0) is 6.54 Å². The number of imidazole rings is 1. The number of aromatic nitrogens is 3. The molecule has 1 aromatic carbocycles. The van der Waals surface area contributed by atoms with Crippen LogP contribution in [0.3, 0.4) is 0 Å². The number of carboxylic acid groups (broad SMARTS) is 1. The van der Waals surface area contributed by atoms with Gasteiger partial charge in [-0.05, 0) is 30.7 Å². The summed E-state index contributed by atoms with van der Waals surface area (Å²) in [7, 11) is 0. The van der Waals surface area contributed by atoms with E-state index in [0.29, 0.717) is 12.1 Å². The van der Waals surface area contributed by atoms with Crippen LogP contribution in [0.1, 0.15) is 21.7 Å². The Morgan fingerprint density at radius 3 is 2.62 bits per heavy atom. The average molecular weight is 291 g/mol. The molecular formula is C15H14N3NaO2. The van der Waals surface area contributed by atoms with Crippen LogP contribution in [0.25, 0.3) is 11.0 Å². The number of fused-ring (bicyclic) bond motifs is 1. The third-order valence-corrected chi connectivity index (χ3v) is 3.28. The van der Waals surface area contributed by atoms with Gasteiger partial charge < -0.3 is 9.67 Å². The second-order valence-corrected chi connectivity index (χ2v) is 4.61. The van der Waals surface area contributed by atoms with Gasteiger partial charge in [0.2, 0.25) is 0 Å². The molecule has 0 atom stereocenters. The minimum absolute atomic E-state index is 0. The first-order valence-corrected chi connectivity index (χ1v) is 6.24. The van der Waals surface area contributed by atoms with Gasteiger partial charge in [0.25, 0.3) is 0 Å². The van der Waals surface area contributed by atoms with Crippen molar-refractivity contribution < 1.29 is 9.90 Å². The Morgan fingerprint density at radius 1 is 1.24 bits per heavy atom. The fraction of sp³-hybridized carbons (Fsp3) is 0.133. The Kier molecular flexibility index (Phi) is 4.77. The van der Waals surface area contributed by atoms with Crippen molar-refractivity contribution in [1.29, 1.82) is 0 Å². The van der Waals surface area contributed by atoms with Crippen molar-refractivity contribution in [2.75, 3.05) is 0 Å². The number of carboxylic acids is 1. The van der Waals surface area contributed by atoms with Crippen LogP contribution in [0, 0.1) is 6.92 Å². The molecule has 2 heterocycles. The van der Waals surface area contributed by atoms with E-state index in [1.54, 1.807) is 24.5 Å². The number of benzene rings is 1. The molecule has 0 aliphatic rings. The fourth-order valence-electron chi connectivity index (χ4n) is 2.24. The molecule has 0 bridgehead atoms. The zero-order valence-electron chi connectivity index (χ0n) is 10.9. The molecule has 0 saturated heterocycles. The number of hydrogen-bond acceptors (Lipinski definition) is 3. The second kappa shape index (κ2) is 6.39. The molecule has 3 rings (SSSR count). The maximum absolute atomic E-state index is 10.8. The predicted octanol–water partition coefficient (Wildman–Crippen LogP) is 1.84. The van der Waals surface area contributed by atoms with E-state index in [2.05, 4.69) is 14.5 Å². The van der Waals surface area contributed by atoms with Crippen molar-refractivity contribution in [2.24, 2.45) is 0 Å². The molecule has 0 aliphatic heterocycles. The third-order valence-electron chi connectivity index (χ3n) is 3.28. The summed E-state index contributed by atoms with van der Waals surface area (Å²) < 4.78 is 2.09. The maximum atomic E-state index is 10.8. The van der Waals surface area contributed by atoms with Gasteiger partial charge in [-0.3, -0.25) is 4.98 Å². The van der Waals surface area contributed by atoms with Gasteiger partial charge in [-0.1, -0.05) is 12.1 Å². The van der Waals surface area contributed by atoms with E-state index in [0.717, 1.165) is 22.4 Å². The second-order valence-electron chi connectivity index (χ2n) is 4.61. The van der Waals surface area contributed by atoms with Crippen molar-refractivity contribution in [3.63, 3.8) is 0 Å². The number of aryl methyl sites for hydroxylation is 1. The topological polar surface area (TPSA) is 68.0 Å². The molecule has 6 heteroatoms. The fourth-order valence-corrected chi connectivity index (χ4v) is 2.24. The molecule has 1 N–H and O–H groups in total. The zero-order chi connectivity index (χ0) is 14.1. The number of rotatable bonds is 3. The van der Waals surface area contributed by atoms with E-state index >= 15 is 0 Å². The first kappa shape index (κ1) is 15.7. The van der Waals surface area contributed by atoms with Crippen LogP contribution in [0.2, 0.25) is 0 Å². The molecule has 102 valence electrons. The van der Waals surface area contributed by atoms with Crippen LogP contribution < -0.4 is 0 Å². The number of pyridine rings is 1. The zero-order valence-corrected chi connectivity index (χ0v) is 10.9. The first-order chi connectivity index (χ1) is 9.65. The van der Waals surface area contributed by atoms with Gasteiger partial charge >= 0.3 is 35.5 Å². The third kappa shape index (κ3) is 3.15.